The summed E-state index contributed by atoms with van der Waals surface area (Å²) < 4.78 is 104. The topological polar surface area (TPSA) is 23.9 Å². The Hall–Kier alpha value is -0.410. The molecule has 10 heteroatoms. The molecule has 84 valence electrons. The van der Waals surface area contributed by atoms with Gasteiger partial charge in [-0.2, -0.15) is 35.1 Å². The van der Waals surface area contributed by atoms with Gasteiger partial charge in [-0.15, -0.1) is 0 Å². The molecule has 1 nitrogen and oxygen atoms in total. The van der Waals surface area contributed by atoms with Crippen LogP contribution in [0.2, 0.25) is 0 Å². The van der Waals surface area contributed by atoms with E-state index in [2.05, 4.69) is 0 Å². The molecule has 1 saturated heterocycles. The smallest absolute Gasteiger partial charge is 0.269 e. The van der Waals surface area contributed by atoms with E-state index >= 15 is 0 Å². The van der Waals surface area contributed by atoms with Gasteiger partial charge in [0.05, 0.1) is 0 Å². The summed E-state index contributed by atoms with van der Waals surface area (Å²) in [5.74, 6) is -12.4. The lowest BCUT2D eigenvalue weighted by Gasteiger charge is -2.22. The Bertz CT molecular complexity index is 268. The standard InChI is InChI=1S/C4HF8NS/c5-1(6)2(7,8)4(11,12)14(13)3(1,9)10/h13H. The fraction of sp³-hybridized carbons (Fsp3) is 1.00. The molecule has 0 aromatic carbocycles. The van der Waals surface area contributed by atoms with E-state index in [9.17, 15) is 35.1 Å². The highest BCUT2D eigenvalue weighted by Crippen LogP contribution is 2.63. The molecule has 0 amide bonds. The average Bonchev–Trinajstić information content (AvgIpc) is 2.05. The lowest BCUT2D eigenvalue weighted by Crippen LogP contribution is -2.51. The maximum Gasteiger partial charge on any atom is 0.390 e. The molecular formula is C4HF8NS. The highest BCUT2D eigenvalue weighted by Gasteiger charge is 2.91. The van der Waals surface area contributed by atoms with Gasteiger partial charge < -0.3 is 0 Å². The summed E-state index contributed by atoms with van der Waals surface area (Å²) in [5, 5.41) is -11.4. The molecule has 0 radical (unpaired) electrons. The number of hydrogen-bond donors (Lipinski definition) is 1. The molecule has 0 spiro atoms. The summed E-state index contributed by atoms with van der Waals surface area (Å²) in [6, 6.07) is 0. The second-order valence-corrected chi connectivity index (χ2v) is 4.13. The second kappa shape index (κ2) is 2.39. The van der Waals surface area contributed by atoms with Crippen LogP contribution in [0.25, 0.3) is 0 Å². The molecule has 0 aliphatic carbocycles. The van der Waals surface area contributed by atoms with Gasteiger partial charge in [0, 0.05) is 10.7 Å². The van der Waals surface area contributed by atoms with Gasteiger partial charge in [-0.25, -0.2) is 0 Å². The second-order valence-electron chi connectivity index (χ2n) is 2.49. The van der Waals surface area contributed by atoms with Gasteiger partial charge in [-0.1, -0.05) is 0 Å². The van der Waals surface area contributed by atoms with Crippen LogP contribution >= 0.6 is 0 Å². The molecular weight excluding hydrogens is 246 g/mol. The van der Waals surface area contributed by atoms with Crippen LogP contribution in [-0.2, 0) is 10.7 Å². The molecule has 1 rings (SSSR count). The van der Waals surface area contributed by atoms with Crippen LogP contribution in [0, 0.1) is 4.78 Å². The number of hydrogen-bond acceptors (Lipinski definition) is 1. The van der Waals surface area contributed by atoms with E-state index in [1.165, 1.54) is 0 Å². The monoisotopic (exact) mass is 247 g/mol. The zero-order chi connectivity index (χ0) is 11.6. The van der Waals surface area contributed by atoms with Crippen LogP contribution in [0.1, 0.15) is 0 Å². The maximum atomic E-state index is 12.2. The van der Waals surface area contributed by atoms with Crippen LogP contribution in [0.15, 0.2) is 0 Å². The Balaban J connectivity index is 3.46. The molecule has 0 saturated carbocycles. The number of nitrogens with one attached hydrogen (secondary N) is 1. The molecule has 0 aromatic heterocycles. The van der Waals surface area contributed by atoms with Gasteiger partial charge in [-0.3, -0.25) is 4.78 Å². The molecule has 0 bridgehead atoms. The molecule has 1 aliphatic rings. The molecule has 0 atom stereocenters. The molecule has 1 fully saturated rings. The molecule has 14 heavy (non-hydrogen) atoms. The summed E-state index contributed by atoms with van der Waals surface area (Å²) in [6.45, 7) is 0. The van der Waals surface area contributed by atoms with Crippen LogP contribution in [0.4, 0.5) is 35.1 Å². The Morgan fingerprint density at radius 1 is 0.643 bits per heavy atom. The first-order valence-corrected chi connectivity index (χ1v) is 4.10. The van der Waals surface area contributed by atoms with Crippen molar-refractivity contribution in [1.82, 2.24) is 0 Å². The van der Waals surface area contributed by atoms with Crippen LogP contribution in [0.3, 0.4) is 0 Å². The fourth-order valence-corrected chi connectivity index (χ4v) is 1.87. The zero-order valence-electron chi connectivity index (χ0n) is 5.93. The first-order chi connectivity index (χ1) is 5.90. The SMILES string of the molecule is N=S1C(F)(F)C(F)(F)C(F)(F)C1(F)F. The van der Waals surface area contributed by atoms with Crippen LogP contribution in [-0.4, -0.2) is 22.4 Å². The first-order valence-electron chi connectivity index (χ1n) is 2.87. The Morgan fingerprint density at radius 2 is 0.857 bits per heavy atom. The fourth-order valence-electron chi connectivity index (χ4n) is 0.783. The van der Waals surface area contributed by atoms with E-state index in [0.29, 0.717) is 0 Å². The molecule has 1 heterocycles. The van der Waals surface area contributed by atoms with Gasteiger partial charge in [0.25, 0.3) is 0 Å². The summed E-state index contributed by atoms with van der Waals surface area (Å²) in [4.78, 5) is 0. The summed E-state index contributed by atoms with van der Waals surface area (Å²) in [7, 11) is -4.45. The van der Waals surface area contributed by atoms with E-state index in [1.807, 2.05) is 0 Å². The molecule has 1 aliphatic heterocycles. The zero-order valence-corrected chi connectivity index (χ0v) is 6.75. The first kappa shape index (κ1) is 11.7. The largest absolute Gasteiger partial charge is 0.390 e. The molecule has 0 aromatic rings. The van der Waals surface area contributed by atoms with Gasteiger partial charge in [0.2, 0.25) is 0 Å². The van der Waals surface area contributed by atoms with E-state index < -0.39 is 33.0 Å². The molecule has 0 unspecified atom stereocenters. The van der Waals surface area contributed by atoms with E-state index in [-0.39, 0.29) is 0 Å². The van der Waals surface area contributed by atoms with Gasteiger partial charge >= 0.3 is 22.4 Å². The van der Waals surface area contributed by atoms with Crippen molar-refractivity contribution < 1.29 is 35.1 Å². The van der Waals surface area contributed by atoms with Crippen molar-refractivity contribution in [2.45, 2.75) is 22.4 Å². The van der Waals surface area contributed by atoms with E-state index in [4.69, 9.17) is 4.78 Å². The Kier molecular flexibility index (Phi) is 1.99. The highest BCUT2D eigenvalue weighted by molar-refractivity contribution is 7.88. The third-order valence-electron chi connectivity index (χ3n) is 1.64. The predicted octanol–water partition coefficient (Wildman–Crippen LogP) is 2.84. The lowest BCUT2D eigenvalue weighted by atomic mass is 10.2. The number of rotatable bonds is 0. The maximum absolute atomic E-state index is 12.2. The minimum atomic E-state index is -6.20. The van der Waals surface area contributed by atoms with Crippen molar-refractivity contribution in [1.29, 1.82) is 4.78 Å². The number of alkyl halides is 8. The molecule has 1 N–H and O–H groups in total. The van der Waals surface area contributed by atoms with Crippen LogP contribution in [0.5, 0.6) is 0 Å². The summed E-state index contributed by atoms with van der Waals surface area (Å²) in [6.07, 6.45) is 0. The van der Waals surface area contributed by atoms with Crippen molar-refractivity contribution in [3.63, 3.8) is 0 Å². The van der Waals surface area contributed by atoms with Crippen molar-refractivity contribution in [2.24, 2.45) is 0 Å². The van der Waals surface area contributed by atoms with Gasteiger partial charge in [0.1, 0.15) is 0 Å². The predicted molar refractivity (Wildman–Crippen MR) is 29.9 cm³/mol. The Labute approximate surface area is 74.0 Å². The van der Waals surface area contributed by atoms with Gasteiger partial charge in [-0.05, 0) is 0 Å². The highest BCUT2D eigenvalue weighted by atomic mass is 32.2. The quantitative estimate of drug-likeness (QED) is 0.636. The van der Waals surface area contributed by atoms with Crippen molar-refractivity contribution in [2.75, 3.05) is 0 Å². The summed E-state index contributed by atoms with van der Waals surface area (Å²) in [5.41, 5.74) is 0. The average molecular weight is 247 g/mol. The van der Waals surface area contributed by atoms with E-state index in [1.54, 1.807) is 0 Å². The van der Waals surface area contributed by atoms with Crippen molar-refractivity contribution >= 4 is 10.7 Å². The lowest BCUT2D eigenvalue weighted by molar-refractivity contribution is -0.303. The van der Waals surface area contributed by atoms with Crippen molar-refractivity contribution in [3.05, 3.63) is 0 Å². The number of halogens is 8. The van der Waals surface area contributed by atoms with Crippen molar-refractivity contribution in [3.8, 4) is 0 Å². The third-order valence-corrected chi connectivity index (χ3v) is 3.18. The Morgan fingerprint density at radius 3 is 0.929 bits per heavy atom. The van der Waals surface area contributed by atoms with Crippen LogP contribution < -0.4 is 0 Å². The van der Waals surface area contributed by atoms with E-state index in [0.717, 1.165) is 0 Å². The van der Waals surface area contributed by atoms with Gasteiger partial charge in [0.15, 0.2) is 0 Å². The summed E-state index contributed by atoms with van der Waals surface area (Å²) >= 11 is 0. The minimum Gasteiger partial charge on any atom is -0.269 e. The minimum absolute atomic E-state index is 4.45. The third kappa shape index (κ3) is 0.873. The normalized spacial score (nSPS) is 33.1.